The molecular weight excluding hydrogens is 386 g/mol. The quantitative estimate of drug-likeness (QED) is 0.651. The number of benzene rings is 1. The van der Waals surface area contributed by atoms with Crippen molar-refractivity contribution in [3.63, 3.8) is 0 Å². The zero-order valence-corrected chi connectivity index (χ0v) is 16.8. The zero-order valence-electron chi connectivity index (χ0n) is 16.0. The largest absolute Gasteiger partial charge is 0.497 e. The molecule has 2 N–H and O–H groups in total. The SMILES string of the molecule is COc1ccc(C(=O)Nc2sc3c(c2C(=O)NCc2cccnc2)CCC3)cc1. The third-order valence-corrected chi connectivity index (χ3v) is 6.11. The third-order valence-electron chi connectivity index (χ3n) is 4.90. The average molecular weight is 407 g/mol. The standard InChI is InChI=1S/C22H21N3O3S/c1-28-16-9-7-15(8-10-16)20(26)25-22-19(17-5-2-6-18(17)29-22)21(27)24-13-14-4-3-11-23-12-14/h3-4,7-12H,2,5-6,13H2,1H3,(H,24,27)(H,25,26). The Balaban J connectivity index is 1.54. The molecule has 29 heavy (non-hydrogen) atoms. The van der Waals surface area contributed by atoms with Crippen LogP contribution in [-0.4, -0.2) is 23.9 Å². The average Bonchev–Trinajstić information content (AvgIpc) is 3.33. The van der Waals surface area contributed by atoms with Crippen molar-refractivity contribution in [3.05, 3.63) is 75.9 Å². The normalized spacial score (nSPS) is 12.3. The minimum atomic E-state index is -0.242. The summed E-state index contributed by atoms with van der Waals surface area (Å²) in [5.74, 6) is 0.277. The number of hydrogen-bond acceptors (Lipinski definition) is 5. The van der Waals surface area contributed by atoms with E-state index in [1.807, 2.05) is 12.1 Å². The molecule has 1 aromatic carbocycles. The highest BCUT2D eigenvalue weighted by Gasteiger charge is 2.27. The van der Waals surface area contributed by atoms with E-state index >= 15 is 0 Å². The Bertz CT molecular complexity index is 1030. The first kappa shape index (κ1) is 19.1. The fourth-order valence-electron chi connectivity index (χ4n) is 3.42. The summed E-state index contributed by atoms with van der Waals surface area (Å²) in [6, 6.07) is 10.6. The van der Waals surface area contributed by atoms with Crippen molar-refractivity contribution in [2.75, 3.05) is 12.4 Å². The number of ether oxygens (including phenoxy) is 1. The van der Waals surface area contributed by atoms with Crippen LogP contribution in [0.4, 0.5) is 5.00 Å². The molecule has 7 heteroatoms. The van der Waals surface area contributed by atoms with E-state index in [1.54, 1.807) is 43.8 Å². The number of amides is 2. The Kier molecular flexibility index (Phi) is 5.57. The summed E-state index contributed by atoms with van der Waals surface area (Å²) in [5, 5.41) is 6.51. The summed E-state index contributed by atoms with van der Waals surface area (Å²) in [6.07, 6.45) is 6.27. The Morgan fingerprint density at radius 2 is 1.97 bits per heavy atom. The highest BCUT2D eigenvalue weighted by molar-refractivity contribution is 7.17. The minimum Gasteiger partial charge on any atom is -0.497 e. The van der Waals surface area contributed by atoms with Crippen molar-refractivity contribution in [1.29, 1.82) is 0 Å². The summed E-state index contributed by atoms with van der Waals surface area (Å²) < 4.78 is 5.14. The summed E-state index contributed by atoms with van der Waals surface area (Å²) in [6.45, 7) is 0.392. The lowest BCUT2D eigenvalue weighted by atomic mass is 10.1. The molecule has 2 amide bonds. The summed E-state index contributed by atoms with van der Waals surface area (Å²) >= 11 is 1.50. The van der Waals surface area contributed by atoms with Crippen molar-refractivity contribution in [2.45, 2.75) is 25.8 Å². The third kappa shape index (κ3) is 4.14. The number of nitrogens with one attached hydrogen (secondary N) is 2. The second kappa shape index (κ2) is 8.45. The molecule has 0 bridgehead atoms. The molecule has 0 unspecified atom stereocenters. The molecule has 2 aromatic heterocycles. The molecule has 0 fully saturated rings. The van der Waals surface area contributed by atoms with Gasteiger partial charge >= 0.3 is 0 Å². The van der Waals surface area contributed by atoms with Crippen molar-refractivity contribution >= 4 is 28.2 Å². The number of aryl methyl sites for hydroxylation is 1. The number of nitrogens with zero attached hydrogens (tertiary/aromatic N) is 1. The van der Waals surface area contributed by atoms with Crippen LogP contribution in [0.5, 0.6) is 5.75 Å². The minimum absolute atomic E-state index is 0.168. The number of fused-ring (bicyclic) bond motifs is 1. The van der Waals surface area contributed by atoms with Crippen LogP contribution in [0.25, 0.3) is 0 Å². The first-order valence-electron chi connectivity index (χ1n) is 9.42. The van der Waals surface area contributed by atoms with Gasteiger partial charge in [-0.2, -0.15) is 0 Å². The van der Waals surface area contributed by atoms with Crippen LogP contribution >= 0.6 is 11.3 Å². The maximum Gasteiger partial charge on any atom is 0.256 e. The van der Waals surface area contributed by atoms with Crippen molar-refractivity contribution in [2.24, 2.45) is 0 Å². The van der Waals surface area contributed by atoms with E-state index in [2.05, 4.69) is 15.6 Å². The number of rotatable bonds is 6. The molecule has 0 saturated carbocycles. The molecule has 148 valence electrons. The van der Waals surface area contributed by atoms with Gasteiger partial charge in [-0.05, 0) is 60.7 Å². The van der Waals surface area contributed by atoms with E-state index in [9.17, 15) is 9.59 Å². The van der Waals surface area contributed by atoms with Gasteiger partial charge in [-0.1, -0.05) is 6.07 Å². The first-order valence-corrected chi connectivity index (χ1v) is 10.2. The van der Waals surface area contributed by atoms with Crippen molar-refractivity contribution in [1.82, 2.24) is 10.3 Å². The van der Waals surface area contributed by atoms with Crippen LogP contribution in [0, 0.1) is 0 Å². The lowest BCUT2D eigenvalue weighted by Crippen LogP contribution is -2.25. The van der Waals surface area contributed by atoms with Crippen LogP contribution in [0.3, 0.4) is 0 Å². The molecule has 3 aromatic rings. The molecule has 0 radical (unpaired) electrons. The summed E-state index contributed by atoms with van der Waals surface area (Å²) in [7, 11) is 1.58. The number of hydrogen-bond donors (Lipinski definition) is 2. The summed E-state index contributed by atoms with van der Waals surface area (Å²) in [4.78, 5) is 30.9. The number of anilines is 1. The van der Waals surface area contributed by atoms with Crippen LogP contribution in [-0.2, 0) is 19.4 Å². The van der Waals surface area contributed by atoms with Gasteiger partial charge < -0.3 is 15.4 Å². The Morgan fingerprint density at radius 3 is 2.69 bits per heavy atom. The molecule has 4 rings (SSSR count). The fourth-order valence-corrected chi connectivity index (χ4v) is 4.71. The number of carbonyl (C=O) groups is 2. The second-order valence-electron chi connectivity index (χ2n) is 6.79. The van der Waals surface area contributed by atoms with Crippen molar-refractivity contribution in [3.8, 4) is 5.75 Å². The van der Waals surface area contributed by atoms with Gasteiger partial charge in [0.05, 0.1) is 12.7 Å². The predicted octanol–water partition coefficient (Wildman–Crippen LogP) is 3.82. The van der Waals surface area contributed by atoms with Crippen LogP contribution in [0.15, 0.2) is 48.8 Å². The van der Waals surface area contributed by atoms with E-state index in [1.165, 1.54) is 16.2 Å². The van der Waals surface area contributed by atoms with E-state index in [0.717, 1.165) is 30.4 Å². The summed E-state index contributed by atoms with van der Waals surface area (Å²) in [5.41, 5.74) is 3.09. The van der Waals surface area contributed by atoms with Gasteiger partial charge in [0.15, 0.2) is 0 Å². The predicted molar refractivity (Wildman–Crippen MR) is 113 cm³/mol. The number of methoxy groups -OCH3 is 1. The molecule has 1 aliphatic rings. The Labute approximate surface area is 172 Å². The molecule has 0 saturated heterocycles. The van der Waals surface area contributed by atoms with Crippen LogP contribution in [0.2, 0.25) is 0 Å². The number of thiophene rings is 1. The Morgan fingerprint density at radius 1 is 1.14 bits per heavy atom. The van der Waals surface area contributed by atoms with Gasteiger partial charge in [0, 0.05) is 29.4 Å². The Hall–Kier alpha value is -3.19. The molecule has 0 atom stereocenters. The monoisotopic (exact) mass is 407 g/mol. The number of pyridine rings is 1. The molecule has 0 spiro atoms. The van der Waals surface area contributed by atoms with Gasteiger partial charge in [-0.15, -0.1) is 11.3 Å². The van der Waals surface area contributed by atoms with E-state index in [4.69, 9.17) is 4.74 Å². The second-order valence-corrected chi connectivity index (χ2v) is 7.89. The number of aromatic nitrogens is 1. The maximum absolute atomic E-state index is 13.0. The highest BCUT2D eigenvalue weighted by atomic mass is 32.1. The topological polar surface area (TPSA) is 80.3 Å². The van der Waals surface area contributed by atoms with Crippen LogP contribution in [0.1, 0.15) is 43.1 Å². The first-order chi connectivity index (χ1) is 14.2. The van der Waals surface area contributed by atoms with E-state index < -0.39 is 0 Å². The van der Waals surface area contributed by atoms with Gasteiger partial charge in [-0.25, -0.2) is 0 Å². The van der Waals surface area contributed by atoms with Gasteiger partial charge in [0.25, 0.3) is 11.8 Å². The molecule has 2 heterocycles. The zero-order chi connectivity index (χ0) is 20.2. The fraction of sp³-hybridized carbons (Fsp3) is 0.227. The lowest BCUT2D eigenvalue weighted by Gasteiger charge is -2.10. The molecule has 0 aliphatic heterocycles. The maximum atomic E-state index is 13.0. The van der Waals surface area contributed by atoms with Crippen LogP contribution < -0.4 is 15.4 Å². The van der Waals surface area contributed by atoms with Gasteiger partial charge in [0.2, 0.25) is 0 Å². The van der Waals surface area contributed by atoms with E-state index in [-0.39, 0.29) is 11.8 Å². The number of carbonyl (C=O) groups excluding carboxylic acids is 2. The smallest absolute Gasteiger partial charge is 0.256 e. The molecule has 6 nitrogen and oxygen atoms in total. The highest BCUT2D eigenvalue weighted by Crippen LogP contribution is 2.39. The molecular formula is C22H21N3O3S. The van der Waals surface area contributed by atoms with Gasteiger partial charge in [-0.3, -0.25) is 14.6 Å². The van der Waals surface area contributed by atoms with E-state index in [0.29, 0.717) is 28.4 Å². The molecule has 1 aliphatic carbocycles. The lowest BCUT2D eigenvalue weighted by molar-refractivity contribution is 0.0951. The van der Waals surface area contributed by atoms with Gasteiger partial charge in [0.1, 0.15) is 10.8 Å². The van der Waals surface area contributed by atoms with Crippen molar-refractivity contribution < 1.29 is 14.3 Å².